The van der Waals surface area contributed by atoms with Crippen molar-refractivity contribution in [1.82, 2.24) is 9.78 Å². The van der Waals surface area contributed by atoms with Crippen LogP contribution in [0.15, 0.2) is 65.5 Å². The van der Waals surface area contributed by atoms with Gasteiger partial charge in [0.1, 0.15) is 5.82 Å². The zero-order valence-electron chi connectivity index (χ0n) is 16.9. The molecule has 0 aliphatic heterocycles. The van der Waals surface area contributed by atoms with Crippen molar-refractivity contribution in [3.05, 3.63) is 82.4 Å². The molecule has 1 amide bonds. The third-order valence-corrected chi connectivity index (χ3v) is 4.18. The van der Waals surface area contributed by atoms with Crippen LogP contribution in [0.5, 0.6) is 5.88 Å². The molecule has 0 saturated heterocycles. The summed E-state index contributed by atoms with van der Waals surface area (Å²) in [6.07, 6.45) is -0.934. The van der Waals surface area contributed by atoms with Crippen molar-refractivity contribution in [1.29, 1.82) is 0 Å². The second kappa shape index (κ2) is 9.66. The number of rotatable bonds is 7. The monoisotopic (exact) mass is 425 g/mol. The molecule has 8 nitrogen and oxygen atoms in total. The number of benzene rings is 2. The largest absolute Gasteiger partial charge is 0.463 e. The number of ether oxygens (including phenoxy) is 2. The number of carbonyl (C=O) groups is 2. The maximum Gasteiger partial charge on any atom is 0.338 e. The lowest BCUT2D eigenvalue weighted by atomic mass is 10.2. The Morgan fingerprint density at radius 1 is 1.06 bits per heavy atom. The molecule has 0 spiro atoms. The average molecular weight is 425 g/mol. The van der Waals surface area contributed by atoms with Crippen LogP contribution in [0, 0.1) is 5.82 Å². The molecule has 1 N–H and O–H groups in total. The standard InChI is InChI=1S/C22H20FN3O5/c1-3-30-22(29)15-4-8-17(9-5-15)24-21(28)14(2)31-19-12-13-20(27)26(25-19)18-10-6-16(23)7-11-18/h4-14H,3H2,1-2H3,(H,24,28)/t14-/m0/s1. The third-order valence-electron chi connectivity index (χ3n) is 4.18. The second-order valence-electron chi connectivity index (χ2n) is 6.45. The van der Waals surface area contributed by atoms with Gasteiger partial charge in [0.05, 0.1) is 17.9 Å². The summed E-state index contributed by atoms with van der Waals surface area (Å²) in [5.41, 5.74) is 0.766. The molecule has 0 saturated carbocycles. The quantitative estimate of drug-likeness (QED) is 0.585. The maximum atomic E-state index is 13.1. The molecule has 0 radical (unpaired) electrons. The van der Waals surface area contributed by atoms with E-state index in [-0.39, 0.29) is 12.5 Å². The van der Waals surface area contributed by atoms with Crippen molar-refractivity contribution in [3.8, 4) is 11.6 Å². The predicted molar refractivity (Wildman–Crippen MR) is 111 cm³/mol. The van der Waals surface area contributed by atoms with Crippen molar-refractivity contribution < 1.29 is 23.5 Å². The van der Waals surface area contributed by atoms with E-state index in [1.807, 2.05) is 0 Å². The number of halogens is 1. The number of anilines is 1. The molecule has 1 heterocycles. The van der Waals surface area contributed by atoms with Crippen LogP contribution < -0.4 is 15.6 Å². The third kappa shape index (κ3) is 5.53. The van der Waals surface area contributed by atoms with Crippen molar-refractivity contribution >= 4 is 17.6 Å². The first kappa shape index (κ1) is 21.7. The van der Waals surface area contributed by atoms with Crippen LogP contribution in [-0.4, -0.2) is 34.4 Å². The molecule has 0 aliphatic carbocycles. The van der Waals surface area contributed by atoms with Gasteiger partial charge in [0.2, 0.25) is 5.88 Å². The number of amides is 1. The molecule has 3 rings (SSSR count). The zero-order chi connectivity index (χ0) is 22.4. The molecule has 0 bridgehead atoms. The van der Waals surface area contributed by atoms with Gasteiger partial charge in [-0.3, -0.25) is 9.59 Å². The number of nitrogens with zero attached hydrogens (tertiary/aromatic N) is 2. The van der Waals surface area contributed by atoms with E-state index < -0.39 is 29.4 Å². The van der Waals surface area contributed by atoms with Crippen molar-refractivity contribution in [3.63, 3.8) is 0 Å². The summed E-state index contributed by atoms with van der Waals surface area (Å²) in [6, 6.07) is 14.0. The molecular formula is C22H20FN3O5. The summed E-state index contributed by atoms with van der Waals surface area (Å²) in [4.78, 5) is 36.2. The van der Waals surface area contributed by atoms with Crippen LogP contribution in [0.25, 0.3) is 5.69 Å². The lowest BCUT2D eigenvalue weighted by Crippen LogP contribution is -2.31. The van der Waals surface area contributed by atoms with E-state index in [0.717, 1.165) is 4.68 Å². The van der Waals surface area contributed by atoms with Crippen LogP contribution in [0.4, 0.5) is 10.1 Å². The van der Waals surface area contributed by atoms with E-state index >= 15 is 0 Å². The summed E-state index contributed by atoms with van der Waals surface area (Å²) >= 11 is 0. The van der Waals surface area contributed by atoms with E-state index in [2.05, 4.69) is 10.4 Å². The van der Waals surface area contributed by atoms with Gasteiger partial charge in [-0.15, -0.1) is 5.10 Å². The number of nitrogens with one attached hydrogen (secondary N) is 1. The number of hydrogen-bond donors (Lipinski definition) is 1. The highest BCUT2D eigenvalue weighted by molar-refractivity contribution is 5.95. The first-order valence-electron chi connectivity index (χ1n) is 9.48. The van der Waals surface area contributed by atoms with Crippen molar-refractivity contribution in [2.75, 3.05) is 11.9 Å². The van der Waals surface area contributed by atoms with E-state index in [0.29, 0.717) is 16.9 Å². The summed E-state index contributed by atoms with van der Waals surface area (Å²) in [6.45, 7) is 3.51. The lowest BCUT2D eigenvalue weighted by Gasteiger charge is -2.15. The second-order valence-corrected chi connectivity index (χ2v) is 6.45. The van der Waals surface area contributed by atoms with E-state index in [4.69, 9.17) is 9.47 Å². The highest BCUT2D eigenvalue weighted by Crippen LogP contribution is 2.13. The van der Waals surface area contributed by atoms with Gasteiger partial charge in [0, 0.05) is 17.8 Å². The van der Waals surface area contributed by atoms with Crippen molar-refractivity contribution in [2.45, 2.75) is 20.0 Å². The highest BCUT2D eigenvalue weighted by atomic mass is 19.1. The molecule has 9 heteroatoms. The highest BCUT2D eigenvalue weighted by Gasteiger charge is 2.17. The minimum absolute atomic E-state index is 0.0456. The van der Waals surface area contributed by atoms with Gasteiger partial charge in [-0.1, -0.05) is 0 Å². The van der Waals surface area contributed by atoms with Crippen LogP contribution >= 0.6 is 0 Å². The zero-order valence-corrected chi connectivity index (χ0v) is 16.9. The number of esters is 1. The number of carbonyl (C=O) groups excluding carboxylic acids is 2. The average Bonchev–Trinajstić information content (AvgIpc) is 2.76. The molecule has 0 fully saturated rings. The van der Waals surface area contributed by atoms with Gasteiger partial charge in [0.15, 0.2) is 6.10 Å². The maximum absolute atomic E-state index is 13.1. The summed E-state index contributed by atoms with van der Waals surface area (Å²) < 4.78 is 24.6. The Morgan fingerprint density at radius 2 is 1.74 bits per heavy atom. The Hall–Kier alpha value is -4.01. The van der Waals surface area contributed by atoms with Crippen LogP contribution in [0.1, 0.15) is 24.2 Å². The first-order chi connectivity index (χ1) is 14.9. The van der Waals surface area contributed by atoms with Gasteiger partial charge < -0.3 is 14.8 Å². The topological polar surface area (TPSA) is 99.5 Å². The molecule has 1 aromatic heterocycles. The SMILES string of the molecule is CCOC(=O)c1ccc(NC(=O)[C@H](C)Oc2ccc(=O)n(-c3ccc(F)cc3)n2)cc1. The molecule has 3 aromatic rings. The predicted octanol–water partition coefficient (Wildman–Crippen LogP) is 2.95. The molecular weight excluding hydrogens is 405 g/mol. The molecule has 0 unspecified atom stereocenters. The van der Waals surface area contributed by atoms with Crippen molar-refractivity contribution in [2.24, 2.45) is 0 Å². The molecule has 0 aliphatic rings. The van der Waals surface area contributed by atoms with E-state index in [1.165, 1.54) is 43.3 Å². The van der Waals surface area contributed by atoms with E-state index in [1.54, 1.807) is 31.2 Å². The Kier molecular flexibility index (Phi) is 6.76. The van der Waals surface area contributed by atoms with E-state index in [9.17, 15) is 18.8 Å². The Labute approximate surface area is 177 Å². The minimum atomic E-state index is -0.934. The Morgan fingerprint density at radius 3 is 2.39 bits per heavy atom. The summed E-state index contributed by atoms with van der Waals surface area (Å²) in [7, 11) is 0. The summed E-state index contributed by atoms with van der Waals surface area (Å²) in [5, 5.41) is 6.75. The fourth-order valence-corrected chi connectivity index (χ4v) is 2.61. The molecule has 31 heavy (non-hydrogen) atoms. The van der Waals surface area contributed by atoms with Crippen LogP contribution in [-0.2, 0) is 9.53 Å². The first-order valence-corrected chi connectivity index (χ1v) is 9.48. The fourth-order valence-electron chi connectivity index (χ4n) is 2.61. The lowest BCUT2D eigenvalue weighted by molar-refractivity contribution is -0.122. The molecule has 2 aromatic carbocycles. The Bertz CT molecular complexity index is 1130. The van der Waals surface area contributed by atoms with Crippen LogP contribution in [0.2, 0.25) is 0 Å². The van der Waals surface area contributed by atoms with Gasteiger partial charge in [-0.25, -0.2) is 9.18 Å². The minimum Gasteiger partial charge on any atom is -0.463 e. The van der Waals surface area contributed by atoms with Gasteiger partial charge in [-0.2, -0.15) is 4.68 Å². The molecule has 1 atom stereocenters. The Balaban J connectivity index is 1.67. The molecule has 160 valence electrons. The smallest absolute Gasteiger partial charge is 0.338 e. The summed E-state index contributed by atoms with van der Waals surface area (Å²) in [5.74, 6) is -1.29. The van der Waals surface area contributed by atoms with Gasteiger partial charge >= 0.3 is 5.97 Å². The fraction of sp³-hybridized carbons (Fsp3) is 0.182. The van der Waals surface area contributed by atoms with Gasteiger partial charge in [-0.05, 0) is 62.4 Å². The normalized spacial score (nSPS) is 11.5. The number of aromatic nitrogens is 2. The number of hydrogen-bond acceptors (Lipinski definition) is 6. The van der Waals surface area contributed by atoms with Gasteiger partial charge in [0.25, 0.3) is 11.5 Å². The van der Waals surface area contributed by atoms with Crippen LogP contribution in [0.3, 0.4) is 0 Å².